The number of likely N-dealkylation sites (tertiary alicyclic amines) is 1. The van der Waals surface area contributed by atoms with E-state index in [-0.39, 0.29) is 17.2 Å². The maximum absolute atomic E-state index is 12.9. The van der Waals surface area contributed by atoms with Gasteiger partial charge in [0.05, 0.1) is 0 Å². The van der Waals surface area contributed by atoms with Gasteiger partial charge in [0.1, 0.15) is 5.82 Å². The quantitative estimate of drug-likeness (QED) is 0.783. The van der Waals surface area contributed by atoms with Gasteiger partial charge in [0.25, 0.3) is 0 Å². The lowest BCUT2D eigenvalue weighted by molar-refractivity contribution is -0.137. The van der Waals surface area contributed by atoms with Crippen LogP contribution in [0.25, 0.3) is 0 Å². The number of anilines is 1. The van der Waals surface area contributed by atoms with Crippen molar-refractivity contribution in [2.45, 2.75) is 58.9 Å². The van der Waals surface area contributed by atoms with Crippen LogP contribution in [0.4, 0.5) is 5.82 Å². The number of carbonyl (C=O) groups is 2. The van der Waals surface area contributed by atoms with Crippen molar-refractivity contribution in [3.8, 4) is 0 Å². The molecule has 1 aromatic rings. The minimum atomic E-state index is 0.104. The first-order valence-corrected chi connectivity index (χ1v) is 11.0. The Labute approximate surface area is 174 Å². The number of aromatic nitrogens is 1. The zero-order valence-electron chi connectivity index (χ0n) is 18.1. The molecule has 3 heterocycles. The maximum Gasteiger partial charge on any atom is 0.223 e. The number of pyridine rings is 1. The Hall–Kier alpha value is -2.11. The third-order valence-corrected chi connectivity index (χ3v) is 6.89. The molecule has 2 bridgehead atoms. The average Bonchev–Trinajstić information content (AvgIpc) is 2.95. The molecule has 2 aliphatic heterocycles. The van der Waals surface area contributed by atoms with E-state index in [1.807, 2.05) is 23.1 Å². The summed E-state index contributed by atoms with van der Waals surface area (Å²) in [6.45, 7) is 10.8. The highest BCUT2D eigenvalue weighted by Crippen LogP contribution is 2.52. The van der Waals surface area contributed by atoms with Crippen molar-refractivity contribution in [2.75, 3.05) is 37.6 Å². The lowest BCUT2D eigenvalue weighted by atomic mass is 9.65. The van der Waals surface area contributed by atoms with E-state index in [1.54, 1.807) is 6.20 Å². The fourth-order valence-electron chi connectivity index (χ4n) is 5.99. The molecule has 1 aromatic heterocycles. The summed E-state index contributed by atoms with van der Waals surface area (Å²) in [5.41, 5.74) is 0.545. The van der Waals surface area contributed by atoms with Crippen LogP contribution >= 0.6 is 0 Å². The zero-order chi connectivity index (χ0) is 20.6. The second-order valence-corrected chi connectivity index (χ2v) is 10.3. The van der Waals surface area contributed by atoms with Gasteiger partial charge in [-0.2, -0.15) is 0 Å². The van der Waals surface area contributed by atoms with E-state index < -0.39 is 0 Å². The molecule has 3 fully saturated rings. The lowest BCUT2D eigenvalue weighted by Gasteiger charge is -2.39. The number of piperazine rings is 1. The van der Waals surface area contributed by atoms with Gasteiger partial charge < -0.3 is 14.7 Å². The van der Waals surface area contributed by atoms with E-state index in [1.165, 1.54) is 6.42 Å². The van der Waals surface area contributed by atoms with E-state index in [0.717, 1.165) is 38.3 Å². The highest BCUT2D eigenvalue weighted by molar-refractivity contribution is 5.84. The van der Waals surface area contributed by atoms with Gasteiger partial charge in [0.2, 0.25) is 11.8 Å². The Bertz CT molecular complexity index is 757. The fourth-order valence-corrected chi connectivity index (χ4v) is 5.99. The molecule has 0 aromatic carbocycles. The molecule has 6 heteroatoms. The van der Waals surface area contributed by atoms with Gasteiger partial charge in [-0.1, -0.05) is 26.8 Å². The van der Waals surface area contributed by atoms with E-state index in [0.29, 0.717) is 37.4 Å². The Morgan fingerprint density at radius 1 is 1.03 bits per heavy atom. The van der Waals surface area contributed by atoms with Gasteiger partial charge in [-0.3, -0.25) is 9.59 Å². The summed E-state index contributed by atoms with van der Waals surface area (Å²) in [6, 6.07) is 6.26. The highest BCUT2D eigenvalue weighted by atomic mass is 16.2. The van der Waals surface area contributed by atoms with Crippen LogP contribution in [0.3, 0.4) is 0 Å². The van der Waals surface area contributed by atoms with Crippen LogP contribution in [0, 0.1) is 10.8 Å². The first-order valence-electron chi connectivity index (χ1n) is 11.0. The monoisotopic (exact) mass is 398 g/mol. The molecule has 158 valence electrons. The van der Waals surface area contributed by atoms with Gasteiger partial charge in [0, 0.05) is 57.8 Å². The molecule has 2 amide bonds. The second-order valence-electron chi connectivity index (χ2n) is 10.3. The van der Waals surface area contributed by atoms with Crippen molar-refractivity contribution in [1.29, 1.82) is 0 Å². The number of fused-ring (bicyclic) bond motifs is 2. The van der Waals surface area contributed by atoms with Crippen molar-refractivity contribution in [1.82, 2.24) is 14.8 Å². The SMILES string of the molecule is CC1(C)CC2CC(C)(CN2C(=O)CCC(=O)N2CCN(c3ccccn3)CC2)C1. The van der Waals surface area contributed by atoms with Gasteiger partial charge in [-0.05, 0) is 42.2 Å². The molecule has 0 N–H and O–H groups in total. The summed E-state index contributed by atoms with van der Waals surface area (Å²) in [5.74, 6) is 1.23. The van der Waals surface area contributed by atoms with Gasteiger partial charge in [-0.15, -0.1) is 0 Å². The van der Waals surface area contributed by atoms with Crippen LogP contribution in [-0.2, 0) is 9.59 Å². The van der Waals surface area contributed by atoms with Crippen LogP contribution < -0.4 is 4.90 Å². The summed E-state index contributed by atoms with van der Waals surface area (Å²) >= 11 is 0. The molecule has 6 nitrogen and oxygen atoms in total. The minimum Gasteiger partial charge on any atom is -0.353 e. The predicted molar refractivity (Wildman–Crippen MR) is 114 cm³/mol. The summed E-state index contributed by atoms with van der Waals surface area (Å²) in [7, 11) is 0. The Morgan fingerprint density at radius 3 is 2.45 bits per heavy atom. The van der Waals surface area contributed by atoms with Crippen molar-refractivity contribution in [3.05, 3.63) is 24.4 Å². The second kappa shape index (κ2) is 7.62. The number of amides is 2. The maximum atomic E-state index is 12.9. The molecule has 2 saturated heterocycles. The lowest BCUT2D eigenvalue weighted by Crippen LogP contribution is -2.49. The number of hydrogen-bond donors (Lipinski definition) is 0. The number of rotatable bonds is 4. The average molecular weight is 399 g/mol. The van der Waals surface area contributed by atoms with Crippen LogP contribution in [0.1, 0.15) is 52.9 Å². The first-order chi connectivity index (χ1) is 13.7. The number of nitrogens with zero attached hydrogens (tertiary/aromatic N) is 4. The standard InChI is InChI=1S/C23H34N4O2/c1-22(2)14-18-15-23(3,16-22)17-27(18)21(29)8-7-20(28)26-12-10-25(11-13-26)19-6-4-5-9-24-19/h4-6,9,18H,7-8,10-17H2,1-3H3. The van der Waals surface area contributed by atoms with E-state index in [2.05, 4.69) is 35.6 Å². The van der Waals surface area contributed by atoms with Crippen molar-refractivity contribution < 1.29 is 9.59 Å². The minimum absolute atomic E-state index is 0.104. The third kappa shape index (κ3) is 4.41. The van der Waals surface area contributed by atoms with Crippen LogP contribution in [0.5, 0.6) is 0 Å². The molecule has 0 spiro atoms. The smallest absolute Gasteiger partial charge is 0.223 e. The molecule has 1 saturated carbocycles. The van der Waals surface area contributed by atoms with Crippen molar-refractivity contribution >= 4 is 17.6 Å². The predicted octanol–water partition coefficient (Wildman–Crippen LogP) is 2.94. The first kappa shape index (κ1) is 20.2. The summed E-state index contributed by atoms with van der Waals surface area (Å²) in [4.78, 5) is 36.2. The molecule has 29 heavy (non-hydrogen) atoms. The Balaban J connectivity index is 1.26. The van der Waals surface area contributed by atoms with E-state index in [4.69, 9.17) is 0 Å². The molecule has 3 aliphatic rings. The highest BCUT2D eigenvalue weighted by Gasteiger charge is 2.50. The van der Waals surface area contributed by atoms with Crippen LogP contribution in [0.15, 0.2) is 24.4 Å². The Morgan fingerprint density at radius 2 is 1.76 bits per heavy atom. The van der Waals surface area contributed by atoms with E-state index >= 15 is 0 Å². The molecular weight excluding hydrogens is 364 g/mol. The topological polar surface area (TPSA) is 56.8 Å². The molecule has 4 rings (SSSR count). The summed E-state index contributed by atoms with van der Waals surface area (Å²) in [5, 5.41) is 0. The molecule has 2 unspecified atom stereocenters. The molecule has 1 aliphatic carbocycles. The largest absolute Gasteiger partial charge is 0.353 e. The van der Waals surface area contributed by atoms with E-state index in [9.17, 15) is 9.59 Å². The normalized spacial score (nSPS) is 28.5. The molecule has 0 radical (unpaired) electrons. The molecule has 2 atom stereocenters. The van der Waals surface area contributed by atoms with Gasteiger partial charge in [-0.25, -0.2) is 4.98 Å². The number of carbonyl (C=O) groups excluding carboxylic acids is 2. The fraction of sp³-hybridized carbons (Fsp3) is 0.696. The number of hydrogen-bond acceptors (Lipinski definition) is 4. The van der Waals surface area contributed by atoms with Crippen molar-refractivity contribution in [3.63, 3.8) is 0 Å². The third-order valence-electron chi connectivity index (χ3n) is 6.89. The van der Waals surface area contributed by atoms with Gasteiger partial charge >= 0.3 is 0 Å². The molecular formula is C23H34N4O2. The summed E-state index contributed by atoms with van der Waals surface area (Å²) < 4.78 is 0. The Kier molecular flexibility index (Phi) is 5.30. The summed E-state index contributed by atoms with van der Waals surface area (Å²) in [6.07, 6.45) is 5.84. The van der Waals surface area contributed by atoms with Crippen molar-refractivity contribution in [2.24, 2.45) is 10.8 Å². The van der Waals surface area contributed by atoms with Crippen LogP contribution in [-0.4, -0.2) is 65.4 Å². The zero-order valence-corrected chi connectivity index (χ0v) is 18.1. The van der Waals surface area contributed by atoms with Crippen LogP contribution in [0.2, 0.25) is 0 Å². The van der Waals surface area contributed by atoms with Gasteiger partial charge in [0.15, 0.2) is 0 Å².